The van der Waals surface area contributed by atoms with E-state index in [1.54, 1.807) is 0 Å². The van der Waals surface area contributed by atoms with Gasteiger partial charge in [0, 0.05) is 12.1 Å². The molecule has 4 nitrogen and oxygen atoms in total. The summed E-state index contributed by atoms with van der Waals surface area (Å²) >= 11 is 0. The van der Waals surface area contributed by atoms with Gasteiger partial charge in [0.05, 0.1) is 11.0 Å². The van der Waals surface area contributed by atoms with Gasteiger partial charge in [0.1, 0.15) is 11.5 Å². The van der Waals surface area contributed by atoms with Crippen LogP contribution in [0.1, 0.15) is 25.7 Å². The van der Waals surface area contributed by atoms with Crippen LogP contribution in [0.5, 0.6) is 0 Å². The van der Waals surface area contributed by atoms with Crippen LogP contribution in [0.15, 0.2) is 12.1 Å². The first-order valence-corrected chi connectivity index (χ1v) is 6.44. The lowest BCUT2D eigenvalue weighted by Gasteiger charge is -2.24. The van der Waals surface area contributed by atoms with Gasteiger partial charge in [-0.15, -0.1) is 0 Å². The lowest BCUT2D eigenvalue weighted by molar-refractivity contribution is -0.384. The molecule has 2 aliphatic carbocycles. The second-order valence-corrected chi connectivity index (χ2v) is 5.46. The minimum absolute atomic E-state index is 0.0670. The van der Waals surface area contributed by atoms with Gasteiger partial charge in [0.2, 0.25) is 0 Å². The molecule has 6 heteroatoms. The Bertz CT molecular complexity index is 536. The van der Waals surface area contributed by atoms with Crippen LogP contribution >= 0.6 is 0 Å². The molecule has 19 heavy (non-hydrogen) atoms. The topological polar surface area (TPSA) is 55.2 Å². The Kier molecular flexibility index (Phi) is 2.88. The lowest BCUT2D eigenvalue weighted by Crippen LogP contribution is -2.26. The zero-order valence-corrected chi connectivity index (χ0v) is 10.2. The van der Waals surface area contributed by atoms with Crippen LogP contribution in [0.3, 0.4) is 0 Å². The molecule has 0 aliphatic heterocycles. The number of halogens is 2. The number of benzene rings is 1. The van der Waals surface area contributed by atoms with Crippen molar-refractivity contribution in [3.05, 3.63) is 33.9 Å². The van der Waals surface area contributed by atoms with Crippen LogP contribution in [0.4, 0.5) is 20.2 Å². The second kappa shape index (κ2) is 4.43. The molecule has 0 aromatic heterocycles. The summed E-state index contributed by atoms with van der Waals surface area (Å²) < 4.78 is 26.8. The van der Waals surface area contributed by atoms with Crippen LogP contribution in [0, 0.1) is 33.6 Å². The SMILES string of the molecule is O=[N+]([O-])c1cc(F)cc(F)c1NC1CC2CCC1C2. The maximum absolute atomic E-state index is 13.8. The van der Waals surface area contributed by atoms with Crippen molar-refractivity contribution in [2.45, 2.75) is 31.7 Å². The van der Waals surface area contributed by atoms with E-state index in [0.29, 0.717) is 17.9 Å². The molecule has 1 N–H and O–H groups in total. The molecule has 3 atom stereocenters. The number of fused-ring (bicyclic) bond motifs is 2. The Labute approximate surface area is 109 Å². The molecule has 2 aliphatic rings. The Morgan fingerprint density at radius 3 is 2.63 bits per heavy atom. The van der Waals surface area contributed by atoms with Crippen LogP contribution in [0.25, 0.3) is 0 Å². The largest absolute Gasteiger partial charge is 0.374 e. The highest BCUT2D eigenvalue weighted by Gasteiger charge is 2.40. The fourth-order valence-electron chi connectivity index (χ4n) is 3.45. The van der Waals surface area contributed by atoms with E-state index in [4.69, 9.17) is 0 Å². The minimum Gasteiger partial charge on any atom is -0.374 e. The number of nitrogens with zero attached hydrogens (tertiary/aromatic N) is 1. The molecule has 102 valence electrons. The van der Waals surface area contributed by atoms with Gasteiger partial charge in [-0.25, -0.2) is 8.78 Å². The summed E-state index contributed by atoms with van der Waals surface area (Å²) in [7, 11) is 0. The molecule has 0 saturated heterocycles. The molecule has 3 rings (SSSR count). The molecular weight excluding hydrogens is 254 g/mol. The maximum atomic E-state index is 13.8. The number of anilines is 1. The fraction of sp³-hybridized carbons (Fsp3) is 0.538. The first-order chi connectivity index (χ1) is 9.04. The Morgan fingerprint density at radius 1 is 1.26 bits per heavy atom. The Hall–Kier alpha value is -1.72. The van der Waals surface area contributed by atoms with Gasteiger partial charge < -0.3 is 5.32 Å². The highest BCUT2D eigenvalue weighted by molar-refractivity contribution is 5.63. The van der Waals surface area contributed by atoms with Gasteiger partial charge in [-0.2, -0.15) is 0 Å². The van der Waals surface area contributed by atoms with Gasteiger partial charge in [0.15, 0.2) is 5.82 Å². The van der Waals surface area contributed by atoms with Crippen LogP contribution in [-0.4, -0.2) is 11.0 Å². The summed E-state index contributed by atoms with van der Waals surface area (Å²) in [6.07, 6.45) is 4.29. The number of nitro groups is 1. The fourth-order valence-corrected chi connectivity index (χ4v) is 3.45. The smallest absolute Gasteiger partial charge is 0.298 e. The standard InChI is InChI=1S/C13H14F2N2O2/c14-9-5-10(15)13(12(6-9)17(18)19)16-11-4-7-1-2-8(11)3-7/h5-8,11,16H,1-4H2. The van der Waals surface area contributed by atoms with E-state index in [9.17, 15) is 18.9 Å². The number of hydrogen-bond donors (Lipinski definition) is 1. The van der Waals surface area contributed by atoms with Crippen LogP contribution in [-0.2, 0) is 0 Å². The number of rotatable bonds is 3. The second-order valence-electron chi connectivity index (χ2n) is 5.46. The molecule has 2 saturated carbocycles. The minimum atomic E-state index is -0.928. The van der Waals surface area contributed by atoms with Gasteiger partial charge >= 0.3 is 0 Å². The third kappa shape index (κ3) is 2.15. The quantitative estimate of drug-likeness (QED) is 0.674. The summed E-state index contributed by atoms with van der Waals surface area (Å²) in [6, 6.07) is 1.51. The average Bonchev–Trinajstić information content (AvgIpc) is 2.93. The maximum Gasteiger partial charge on any atom is 0.298 e. The third-order valence-corrected chi connectivity index (χ3v) is 4.30. The van der Waals surface area contributed by atoms with Crippen molar-refractivity contribution in [3.63, 3.8) is 0 Å². The van der Waals surface area contributed by atoms with Crippen molar-refractivity contribution >= 4 is 11.4 Å². The number of nitro benzene ring substituents is 1. The first-order valence-electron chi connectivity index (χ1n) is 6.44. The summed E-state index contributed by atoms with van der Waals surface area (Å²) in [5, 5.41) is 13.8. The van der Waals surface area contributed by atoms with Crippen molar-refractivity contribution in [2.75, 3.05) is 5.32 Å². The van der Waals surface area contributed by atoms with E-state index in [0.717, 1.165) is 25.3 Å². The molecule has 0 amide bonds. The van der Waals surface area contributed by atoms with Gasteiger partial charge in [-0.05, 0) is 31.1 Å². The van der Waals surface area contributed by atoms with Gasteiger partial charge in [-0.3, -0.25) is 10.1 Å². The van der Waals surface area contributed by atoms with E-state index < -0.39 is 22.2 Å². The normalized spacial score (nSPS) is 28.6. The lowest BCUT2D eigenvalue weighted by atomic mass is 9.95. The molecule has 2 bridgehead atoms. The molecule has 2 fully saturated rings. The Balaban J connectivity index is 1.89. The summed E-state index contributed by atoms with van der Waals surface area (Å²) in [5.41, 5.74) is -0.704. The van der Waals surface area contributed by atoms with Gasteiger partial charge in [-0.1, -0.05) is 6.42 Å². The molecule has 0 radical (unpaired) electrons. The highest BCUT2D eigenvalue weighted by atomic mass is 19.1. The van der Waals surface area contributed by atoms with Crippen molar-refractivity contribution < 1.29 is 13.7 Å². The zero-order valence-electron chi connectivity index (χ0n) is 10.2. The van der Waals surface area contributed by atoms with Crippen molar-refractivity contribution in [3.8, 4) is 0 Å². The van der Waals surface area contributed by atoms with E-state index >= 15 is 0 Å². The van der Waals surface area contributed by atoms with Crippen LogP contribution in [0.2, 0.25) is 0 Å². The molecule has 3 unspecified atom stereocenters. The van der Waals surface area contributed by atoms with Gasteiger partial charge in [0.25, 0.3) is 5.69 Å². The van der Waals surface area contributed by atoms with E-state index in [1.165, 1.54) is 6.42 Å². The number of nitrogens with one attached hydrogen (secondary N) is 1. The van der Waals surface area contributed by atoms with E-state index in [2.05, 4.69) is 5.32 Å². The van der Waals surface area contributed by atoms with E-state index in [1.807, 2.05) is 0 Å². The molecular formula is C13H14F2N2O2. The third-order valence-electron chi connectivity index (χ3n) is 4.30. The number of hydrogen-bond acceptors (Lipinski definition) is 3. The molecule has 1 aromatic rings. The summed E-state index contributed by atoms with van der Waals surface area (Å²) in [6.45, 7) is 0. The van der Waals surface area contributed by atoms with E-state index in [-0.39, 0.29) is 11.7 Å². The van der Waals surface area contributed by atoms with Crippen LogP contribution < -0.4 is 5.32 Å². The zero-order chi connectivity index (χ0) is 13.6. The monoisotopic (exact) mass is 268 g/mol. The Morgan fingerprint density at radius 2 is 2.05 bits per heavy atom. The summed E-state index contributed by atoms with van der Waals surface area (Å²) in [5.74, 6) is -0.726. The molecule has 1 aromatic carbocycles. The summed E-state index contributed by atoms with van der Waals surface area (Å²) in [4.78, 5) is 10.1. The highest BCUT2D eigenvalue weighted by Crippen LogP contribution is 2.46. The molecule has 0 heterocycles. The predicted molar refractivity (Wildman–Crippen MR) is 65.9 cm³/mol. The first kappa shape index (κ1) is 12.3. The van der Waals surface area contributed by atoms with Crippen molar-refractivity contribution in [1.29, 1.82) is 0 Å². The van der Waals surface area contributed by atoms with Crippen molar-refractivity contribution in [1.82, 2.24) is 0 Å². The van der Waals surface area contributed by atoms with Crippen molar-refractivity contribution in [2.24, 2.45) is 11.8 Å². The predicted octanol–water partition coefficient (Wildman–Crippen LogP) is 3.47. The molecule has 0 spiro atoms. The average molecular weight is 268 g/mol.